The van der Waals surface area contributed by atoms with Crippen LogP contribution in [0.1, 0.15) is 32.1 Å². The normalized spacial score (nSPS) is 18.2. The van der Waals surface area contributed by atoms with Gasteiger partial charge in [0, 0.05) is 17.4 Å². The number of thioether (sulfide) groups is 2. The van der Waals surface area contributed by atoms with Gasteiger partial charge in [-0.3, -0.25) is 0 Å². The van der Waals surface area contributed by atoms with Crippen molar-refractivity contribution in [3.8, 4) is 0 Å². The van der Waals surface area contributed by atoms with Crippen molar-refractivity contribution in [2.75, 3.05) is 30.1 Å². The van der Waals surface area contributed by atoms with E-state index in [0.29, 0.717) is 10.6 Å². The van der Waals surface area contributed by atoms with Gasteiger partial charge in [0.2, 0.25) is 0 Å². The summed E-state index contributed by atoms with van der Waals surface area (Å²) in [4.78, 5) is 8.62. The summed E-state index contributed by atoms with van der Waals surface area (Å²) in [5, 5.41) is 4.18. The molecule has 6 heteroatoms. The zero-order chi connectivity index (χ0) is 13.7. The van der Waals surface area contributed by atoms with Gasteiger partial charge < -0.3 is 11.1 Å². The number of nitrogens with two attached hydrogens (primary N) is 1. The third kappa shape index (κ3) is 3.92. The van der Waals surface area contributed by atoms with Gasteiger partial charge in [-0.25, -0.2) is 9.97 Å². The van der Waals surface area contributed by atoms with Crippen molar-refractivity contribution in [1.82, 2.24) is 9.97 Å². The third-order valence-electron chi connectivity index (χ3n) is 3.70. The van der Waals surface area contributed by atoms with Crippen LogP contribution >= 0.6 is 23.5 Å². The summed E-state index contributed by atoms with van der Waals surface area (Å²) in [7, 11) is 0. The lowest BCUT2D eigenvalue weighted by atomic mass is 9.88. The molecule has 1 aromatic rings. The molecule has 0 aliphatic heterocycles. The molecular weight excluding hydrogens is 276 g/mol. The molecule has 0 bridgehead atoms. The van der Waals surface area contributed by atoms with E-state index in [9.17, 15) is 0 Å². The van der Waals surface area contributed by atoms with Gasteiger partial charge in [0.15, 0.2) is 5.16 Å². The summed E-state index contributed by atoms with van der Waals surface area (Å²) in [5.41, 5.74) is 5.80. The van der Waals surface area contributed by atoms with E-state index >= 15 is 0 Å². The molecule has 4 nitrogen and oxygen atoms in total. The smallest absolute Gasteiger partial charge is 0.191 e. The van der Waals surface area contributed by atoms with Crippen LogP contribution in [0, 0.1) is 0 Å². The lowest BCUT2D eigenvalue weighted by Crippen LogP contribution is -2.35. The molecule has 0 saturated heterocycles. The van der Waals surface area contributed by atoms with Crippen molar-refractivity contribution in [1.29, 1.82) is 0 Å². The monoisotopic (exact) mass is 298 g/mol. The van der Waals surface area contributed by atoms with Gasteiger partial charge in [-0.15, -0.1) is 0 Å². The maximum Gasteiger partial charge on any atom is 0.191 e. The van der Waals surface area contributed by atoms with Crippen LogP contribution in [0.15, 0.2) is 11.2 Å². The minimum atomic E-state index is 0.359. The minimum Gasteiger partial charge on any atom is -0.383 e. The van der Waals surface area contributed by atoms with Crippen LogP contribution in [0.2, 0.25) is 0 Å². The highest BCUT2D eigenvalue weighted by Gasteiger charge is 2.30. The first-order valence-electron chi connectivity index (χ1n) is 6.65. The van der Waals surface area contributed by atoms with Crippen molar-refractivity contribution < 1.29 is 0 Å². The molecule has 1 aliphatic carbocycles. The summed E-state index contributed by atoms with van der Waals surface area (Å²) in [6, 6.07) is 1.82. The maximum absolute atomic E-state index is 5.80. The quantitative estimate of drug-likeness (QED) is 0.642. The van der Waals surface area contributed by atoms with Crippen LogP contribution < -0.4 is 11.1 Å². The second-order valence-electron chi connectivity index (χ2n) is 4.97. The first-order chi connectivity index (χ1) is 9.17. The largest absolute Gasteiger partial charge is 0.383 e. The molecule has 1 fully saturated rings. The SMILES string of the molecule is CSc1nc(N)cc(NCC2(SC)CCCCC2)n1. The Kier molecular flexibility index (Phi) is 5.21. The van der Waals surface area contributed by atoms with Gasteiger partial charge in [-0.2, -0.15) is 11.8 Å². The molecule has 1 aromatic heterocycles. The van der Waals surface area contributed by atoms with Crippen LogP contribution in [0.4, 0.5) is 11.6 Å². The molecule has 0 amide bonds. The highest BCUT2D eigenvalue weighted by atomic mass is 32.2. The molecule has 1 aliphatic rings. The highest BCUT2D eigenvalue weighted by Crippen LogP contribution is 2.38. The summed E-state index contributed by atoms with van der Waals surface area (Å²) in [6.07, 6.45) is 10.8. The van der Waals surface area contributed by atoms with E-state index in [1.165, 1.54) is 43.9 Å². The zero-order valence-electron chi connectivity index (χ0n) is 11.6. The number of aromatic nitrogens is 2. The molecule has 0 atom stereocenters. The lowest BCUT2D eigenvalue weighted by Gasteiger charge is -2.36. The number of nitrogens with one attached hydrogen (secondary N) is 1. The Hall–Kier alpha value is -0.620. The molecule has 2 rings (SSSR count). The fraction of sp³-hybridized carbons (Fsp3) is 0.692. The van der Waals surface area contributed by atoms with Crippen molar-refractivity contribution in [2.45, 2.75) is 42.0 Å². The Morgan fingerprint density at radius 2 is 2.00 bits per heavy atom. The van der Waals surface area contributed by atoms with E-state index < -0.39 is 0 Å². The molecular formula is C13H22N4S2. The first-order valence-corrected chi connectivity index (χ1v) is 9.10. The number of nitrogen functional groups attached to an aromatic ring is 1. The number of nitrogens with zero attached hydrogens (tertiary/aromatic N) is 2. The lowest BCUT2D eigenvalue weighted by molar-refractivity contribution is 0.411. The summed E-state index contributed by atoms with van der Waals surface area (Å²) >= 11 is 3.50. The Morgan fingerprint density at radius 3 is 2.63 bits per heavy atom. The Labute approximate surface area is 123 Å². The number of rotatable bonds is 5. The standard InChI is InChI=1S/C13H22N4S2/c1-18-12-16-10(14)8-11(17-12)15-9-13(19-2)6-4-3-5-7-13/h8H,3-7,9H2,1-2H3,(H3,14,15,16,17). The van der Waals surface area contributed by atoms with Crippen LogP contribution in [-0.2, 0) is 0 Å². The van der Waals surface area contributed by atoms with Gasteiger partial charge in [0.05, 0.1) is 0 Å². The molecule has 1 saturated carbocycles. The van der Waals surface area contributed by atoms with Crippen molar-refractivity contribution in [3.05, 3.63) is 6.07 Å². The summed E-state index contributed by atoms with van der Waals surface area (Å²) in [6.45, 7) is 0.957. The molecule has 106 valence electrons. The molecule has 19 heavy (non-hydrogen) atoms. The molecule has 0 aromatic carbocycles. The van der Waals surface area contributed by atoms with E-state index in [2.05, 4.69) is 21.5 Å². The van der Waals surface area contributed by atoms with E-state index in [4.69, 9.17) is 5.73 Å². The van der Waals surface area contributed by atoms with E-state index in [-0.39, 0.29) is 0 Å². The van der Waals surface area contributed by atoms with Gasteiger partial charge in [-0.1, -0.05) is 31.0 Å². The Bertz CT molecular complexity index is 419. The van der Waals surface area contributed by atoms with Crippen LogP contribution in [0.5, 0.6) is 0 Å². The maximum atomic E-state index is 5.80. The van der Waals surface area contributed by atoms with Crippen LogP contribution in [-0.4, -0.2) is 33.8 Å². The molecule has 0 spiro atoms. The van der Waals surface area contributed by atoms with Crippen LogP contribution in [0.25, 0.3) is 0 Å². The second-order valence-corrected chi connectivity index (χ2v) is 7.01. The minimum absolute atomic E-state index is 0.359. The van der Waals surface area contributed by atoms with E-state index in [1.807, 2.05) is 24.1 Å². The predicted molar refractivity (Wildman–Crippen MR) is 86.0 cm³/mol. The Balaban J connectivity index is 2.02. The van der Waals surface area contributed by atoms with Crippen LogP contribution in [0.3, 0.4) is 0 Å². The van der Waals surface area contributed by atoms with Gasteiger partial charge >= 0.3 is 0 Å². The first kappa shape index (κ1) is 14.8. The van der Waals surface area contributed by atoms with E-state index in [1.54, 1.807) is 0 Å². The second kappa shape index (κ2) is 6.70. The Morgan fingerprint density at radius 1 is 1.26 bits per heavy atom. The molecule has 1 heterocycles. The van der Waals surface area contributed by atoms with Crippen molar-refractivity contribution >= 4 is 35.2 Å². The number of hydrogen-bond donors (Lipinski definition) is 2. The summed E-state index contributed by atoms with van der Waals surface area (Å²) in [5.74, 6) is 1.37. The fourth-order valence-electron chi connectivity index (χ4n) is 2.53. The summed E-state index contributed by atoms with van der Waals surface area (Å²) < 4.78 is 0.359. The van der Waals surface area contributed by atoms with Gasteiger partial charge in [0.1, 0.15) is 11.6 Å². The number of hydrogen-bond acceptors (Lipinski definition) is 6. The molecule has 0 unspecified atom stereocenters. The zero-order valence-corrected chi connectivity index (χ0v) is 13.2. The predicted octanol–water partition coefficient (Wildman–Crippen LogP) is 3.26. The molecule has 0 radical (unpaired) electrons. The average Bonchev–Trinajstić information content (AvgIpc) is 2.45. The van der Waals surface area contributed by atoms with Crippen molar-refractivity contribution in [2.24, 2.45) is 0 Å². The molecule has 3 N–H and O–H groups in total. The average molecular weight is 298 g/mol. The number of anilines is 2. The van der Waals surface area contributed by atoms with Gasteiger partial charge in [0.25, 0.3) is 0 Å². The van der Waals surface area contributed by atoms with Gasteiger partial charge in [-0.05, 0) is 25.4 Å². The fourth-order valence-corrected chi connectivity index (χ4v) is 3.83. The highest BCUT2D eigenvalue weighted by molar-refractivity contribution is 8.00. The third-order valence-corrected chi connectivity index (χ3v) is 5.66. The van der Waals surface area contributed by atoms with Crippen molar-refractivity contribution in [3.63, 3.8) is 0 Å². The van der Waals surface area contributed by atoms with E-state index in [0.717, 1.165) is 17.5 Å². The topological polar surface area (TPSA) is 63.8 Å².